The molecule has 0 saturated carbocycles. The van der Waals surface area contributed by atoms with E-state index in [-0.39, 0.29) is 11.8 Å². The highest BCUT2D eigenvalue weighted by atomic mass is 79.9. The quantitative estimate of drug-likeness (QED) is 0.524. The van der Waals surface area contributed by atoms with Crippen molar-refractivity contribution in [1.82, 2.24) is 10.7 Å². The third kappa shape index (κ3) is 4.86. The van der Waals surface area contributed by atoms with Crippen molar-refractivity contribution in [2.24, 2.45) is 0 Å². The highest BCUT2D eigenvalue weighted by Gasteiger charge is 2.47. The molecule has 2 atom stereocenters. The predicted octanol–water partition coefficient (Wildman–Crippen LogP) is 4.43. The third-order valence-corrected chi connectivity index (χ3v) is 5.89. The molecule has 3 aromatic carbocycles. The first-order valence-corrected chi connectivity index (χ1v) is 10.9. The number of hydrazone groups is 1. The number of hydrazine groups is 1. The van der Waals surface area contributed by atoms with Crippen LogP contribution in [0.5, 0.6) is 0 Å². The fourth-order valence-corrected chi connectivity index (χ4v) is 3.87. The molecule has 4 rings (SSSR count). The maximum Gasteiger partial charge on any atom is 0.304 e. The van der Waals surface area contributed by atoms with E-state index in [1.54, 1.807) is 28.9 Å². The van der Waals surface area contributed by atoms with Crippen LogP contribution in [0, 0.1) is 6.92 Å². The summed E-state index contributed by atoms with van der Waals surface area (Å²) >= 11 is 9.36. The van der Waals surface area contributed by atoms with Crippen LogP contribution in [-0.4, -0.2) is 28.8 Å². The molecule has 0 spiro atoms. The minimum Gasteiger partial charge on any atom is -0.334 e. The fraction of sp³-hybridized carbons (Fsp3) is 0.125. The Morgan fingerprint density at radius 1 is 1.03 bits per heavy atom. The number of carbonyl (C=O) groups excluding carboxylic acids is 2. The Labute approximate surface area is 193 Å². The Hall–Kier alpha value is -2.96. The molecule has 1 heterocycles. The molecule has 1 fully saturated rings. The maximum atomic E-state index is 12.9. The lowest BCUT2D eigenvalue weighted by Crippen LogP contribution is -2.42. The van der Waals surface area contributed by atoms with Gasteiger partial charge in [0.05, 0.1) is 0 Å². The number of aryl methyl sites for hydroxylation is 1. The van der Waals surface area contributed by atoms with Gasteiger partial charge < -0.3 is 5.32 Å². The first kappa shape index (κ1) is 21.3. The summed E-state index contributed by atoms with van der Waals surface area (Å²) in [7, 11) is 0. The number of halogens is 2. The van der Waals surface area contributed by atoms with Gasteiger partial charge in [-0.25, -0.2) is 0 Å². The maximum absolute atomic E-state index is 12.9. The zero-order valence-corrected chi connectivity index (χ0v) is 19.0. The first-order valence-electron chi connectivity index (χ1n) is 9.73. The van der Waals surface area contributed by atoms with Gasteiger partial charge in [-0.2, -0.15) is 0 Å². The number of nitrogens with zero attached hydrogens (tertiary/aromatic N) is 1. The number of carbonyl (C=O) groups is 2. The lowest BCUT2D eigenvalue weighted by atomic mass is 9.98. The zero-order valence-electron chi connectivity index (χ0n) is 16.7. The molecule has 0 aliphatic carbocycles. The topological polar surface area (TPSA) is 61.2 Å². The number of rotatable bonds is 4. The summed E-state index contributed by atoms with van der Waals surface area (Å²) < 4.78 is 2.72. The molecular formula is C24H20BrClN3O2+. The van der Waals surface area contributed by atoms with Crippen LogP contribution in [0.25, 0.3) is 0 Å². The number of hydrogen-bond acceptors (Lipinski definition) is 2. The molecule has 0 unspecified atom stereocenters. The van der Waals surface area contributed by atoms with E-state index in [0.717, 1.165) is 21.2 Å². The van der Waals surface area contributed by atoms with Gasteiger partial charge in [0.1, 0.15) is 0 Å². The molecule has 5 nitrogen and oxygen atoms in total. The van der Waals surface area contributed by atoms with E-state index in [2.05, 4.69) is 26.7 Å². The van der Waals surface area contributed by atoms with Gasteiger partial charge in [-0.1, -0.05) is 57.4 Å². The van der Waals surface area contributed by atoms with E-state index in [4.69, 9.17) is 11.6 Å². The van der Waals surface area contributed by atoms with Gasteiger partial charge >= 0.3 is 5.91 Å². The molecule has 3 aromatic rings. The summed E-state index contributed by atoms with van der Waals surface area (Å²) in [5.41, 5.74) is 6.28. The molecule has 1 aliphatic rings. The minimum atomic E-state index is -0.766. The van der Waals surface area contributed by atoms with Crippen LogP contribution in [0.15, 0.2) is 77.3 Å². The Kier molecular flexibility index (Phi) is 6.20. The van der Waals surface area contributed by atoms with Crippen molar-refractivity contribution in [3.63, 3.8) is 0 Å². The third-order valence-electron chi connectivity index (χ3n) is 5.11. The van der Waals surface area contributed by atoms with Crippen molar-refractivity contribution in [2.45, 2.75) is 19.0 Å². The van der Waals surface area contributed by atoms with Gasteiger partial charge in [0.15, 0.2) is 6.04 Å². The molecule has 2 N–H and O–H groups in total. The van der Waals surface area contributed by atoms with Crippen LogP contribution in [0.2, 0.25) is 5.02 Å². The molecule has 0 bridgehead atoms. The second-order valence-corrected chi connectivity index (χ2v) is 8.73. The average Bonchev–Trinajstić information content (AvgIpc) is 3.05. The Morgan fingerprint density at radius 2 is 1.68 bits per heavy atom. The van der Waals surface area contributed by atoms with E-state index >= 15 is 0 Å². The molecule has 0 radical (unpaired) electrons. The summed E-state index contributed by atoms with van der Waals surface area (Å²) in [4.78, 5) is 25.7. The zero-order chi connectivity index (χ0) is 22.0. The number of amides is 2. The molecule has 7 heteroatoms. The van der Waals surface area contributed by atoms with Crippen LogP contribution in [0.3, 0.4) is 0 Å². The van der Waals surface area contributed by atoms with Crippen molar-refractivity contribution in [3.05, 3.63) is 105 Å². The molecule has 0 aromatic heterocycles. The van der Waals surface area contributed by atoms with Gasteiger partial charge in [0.25, 0.3) is 5.91 Å². The molecule has 156 valence electrons. The Bertz CT molecular complexity index is 1140. The molecule has 31 heavy (non-hydrogen) atoms. The Balaban J connectivity index is 1.69. The van der Waals surface area contributed by atoms with E-state index in [1.807, 2.05) is 61.7 Å². The first-order chi connectivity index (χ1) is 14.9. The van der Waals surface area contributed by atoms with Crippen LogP contribution in [0.4, 0.5) is 0 Å². The smallest absolute Gasteiger partial charge is 0.304 e. The normalized spacial score (nSPS) is 19.3. The van der Waals surface area contributed by atoms with E-state index in [1.165, 1.54) is 0 Å². The van der Waals surface area contributed by atoms with Crippen LogP contribution < -0.4 is 10.7 Å². The van der Waals surface area contributed by atoms with Crippen molar-refractivity contribution in [2.75, 3.05) is 0 Å². The average molecular weight is 498 g/mol. The monoisotopic (exact) mass is 496 g/mol. The van der Waals surface area contributed by atoms with Crippen LogP contribution >= 0.6 is 27.5 Å². The summed E-state index contributed by atoms with van der Waals surface area (Å²) in [6, 6.07) is 21.1. The van der Waals surface area contributed by atoms with Crippen LogP contribution in [-0.2, 0) is 4.79 Å². The van der Waals surface area contributed by atoms with Crippen molar-refractivity contribution < 1.29 is 14.3 Å². The van der Waals surface area contributed by atoms with Gasteiger partial charge in [-0.05, 0) is 55.5 Å². The highest BCUT2D eigenvalue weighted by Crippen LogP contribution is 2.26. The highest BCUT2D eigenvalue weighted by molar-refractivity contribution is 9.10. The van der Waals surface area contributed by atoms with Gasteiger partial charge in [-0.15, -0.1) is 10.1 Å². The van der Waals surface area contributed by atoms with E-state index in [9.17, 15) is 9.59 Å². The minimum absolute atomic E-state index is 0.277. The van der Waals surface area contributed by atoms with Crippen molar-refractivity contribution in [3.8, 4) is 0 Å². The van der Waals surface area contributed by atoms with E-state index in [0.29, 0.717) is 10.6 Å². The van der Waals surface area contributed by atoms with Gasteiger partial charge in [0.2, 0.25) is 12.3 Å². The SMILES string of the molecule is Cc1ccc([C@@H]2[C@H](NC(=O)c3ccc(Cl)cc3)C(=O)N/[N+]2=C\c2ccc(Br)cc2)cc1. The predicted molar refractivity (Wildman–Crippen MR) is 124 cm³/mol. The molecule has 1 aliphatic heterocycles. The lowest BCUT2D eigenvalue weighted by Gasteiger charge is -2.15. The summed E-state index contributed by atoms with van der Waals surface area (Å²) in [5.74, 6) is -0.610. The van der Waals surface area contributed by atoms with E-state index < -0.39 is 12.1 Å². The summed E-state index contributed by atoms with van der Waals surface area (Å²) in [6.45, 7) is 2.01. The molecule has 1 saturated heterocycles. The second kappa shape index (κ2) is 9.04. The standard InChI is InChI=1S/C24H19BrClN3O2/c1-15-2-6-17(7-3-15)22-21(27-23(30)18-8-12-20(26)13-9-18)24(31)28-29(22)14-16-4-10-19(25)11-5-16/h2-14,21-22H,1H3,(H-,27,28,30,31)/p+1/b29-14-/t21-,22+/m0/s1. The lowest BCUT2D eigenvalue weighted by molar-refractivity contribution is -0.596. The fourth-order valence-electron chi connectivity index (χ4n) is 3.48. The number of hydrogen-bond donors (Lipinski definition) is 2. The number of nitrogens with one attached hydrogen (secondary N) is 2. The summed E-state index contributed by atoms with van der Waals surface area (Å²) in [5, 5.41) is 3.43. The van der Waals surface area contributed by atoms with Gasteiger partial charge in [0, 0.05) is 26.2 Å². The van der Waals surface area contributed by atoms with Crippen molar-refractivity contribution in [1.29, 1.82) is 0 Å². The second-order valence-electron chi connectivity index (χ2n) is 7.38. The summed E-state index contributed by atoms with van der Waals surface area (Å²) in [6.07, 6.45) is 1.86. The molecular weight excluding hydrogens is 478 g/mol. The molecule has 2 amide bonds. The largest absolute Gasteiger partial charge is 0.334 e. The Morgan fingerprint density at radius 3 is 2.32 bits per heavy atom. The van der Waals surface area contributed by atoms with Gasteiger partial charge in [-0.3, -0.25) is 9.59 Å². The van der Waals surface area contributed by atoms with Crippen molar-refractivity contribution >= 4 is 45.6 Å². The number of benzene rings is 3. The van der Waals surface area contributed by atoms with Crippen LogP contribution in [0.1, 0.15) is 33.1 Å².